The molecule has 1 fully saturated rings. The molecule has 3 aromatic rings. The minimum Gasteiger partial charge on any atom is -0.375 e. The number of hydrogen-bond acceptors (Lipinski definition) is 7. The van der Waals surface area contributed by atoms with Crippen LogP contribution in [0, 0.1) is 0 Å². The van der Waals surface area contributed by atoms with E-state index in [9.17, 15) is 13.6 Å². The summed E-state index contributed by atoms with van der Waals surface area (Å²) in [6.07, 6.45) is -0.476. The Morgan fingerprint density at radius 2 is 2.03 bits per heavy atom. The van der Waals surface area contributed by atoms with Crippen molar-refractivity contribution in [2.75, 3.05) is 37.7 Å². The Kier molecular flexibility index (Phi) is 5.68. The molecule has 1 aromatic carbocycles. The number of alkyl halides is 2. The number of benzene rings is 1. The molecular formula is C21H23F2N5O2S. The molecule has 10 heteroatoms. The zero-order valence-corrected chi connectivity index (χ0v) is 17.8. The summed E-state index contributed by atoms with van der Waals surface area (Å²) in [5.41, 5.74) is 2.29. The monoisotopic (exact) mass is 447 g/mol. The smallest absolute Gasteiger partial charge is 0.261 e. The maximum atomic E-state index is 12.6. The van der Waals surface area contributed by atoms with Crippen molar-refractivity contribution >= 4 is 27.9 Å². The molecule has 2 aliphatic heterocycles. The van der Waals surface area contributed by atoms with E-state index in [1.54, 1.807) is 17.4 Å². The number of ether oxygens (including phenoxy) is 1. The van der Waals surface area contributed by atoms with E-state index in [0.29, 0.717) is 17.5 Å². The van der Waals surface area contributed by atoms with E-state index in [0.717, 1.165) is 61.0 Å². The largest absolute Gasteiger partial charge is 0.375 e. The number of rotatable bonds is 5. The summed E-state index contributed by atoms with van der Waals surface area (Å²) >= 11 is 1.76. The summed E-state index contributed by atoms with van der Waals surface area (Å²) in [6.45, 7) is 5.23. The third kappa shape index (κ3) is 4.32. The van der Waals surface area contributed by atoms with Crippen LogP contribution in [-0.2, 0) is 30.9 Å². The molecule has 0 spiro atoms. The van der Waals surface area contributed by atoms with Crippen molar-refractivity contribution in [3.63, 3.8) is 0 Å². The van der Waals surface area contributed by atoms with Crippen LogP contribution < -0.4 is 10.5 Å². The molecule has 7 nitrogen and oxygen atoms in total. The molecule has 0 unspecified atom stereocenters. The van der Waals surface area contributed by atoms with E-state index >= 15 is 0 Å². The predicted octanol–water partition coefficient (Wildman–Crippen LogP) is 2.51. The van der Waals surface area contributed by atoms with Crippen molar-refractivity contribution in [2.45, 2.75) is 32.5 Å². The Morgan fingerprint density at radius 3 is 2.81 bits per heavy atom. The standard InChI is InChI=1S/C21H23F2N5O2S/c22-19(23)10-28-13-24-17-9-14(1-2-15(17)21(28)29)27-6-4-26(5-7-27)11-20-25-16-3-8-30-12-18(16)31-20/h1-2,9,13,19H,3-8,10-12H2. The Morgan fingerprint density at radius 1 is 1.19 bits per heavy atom. The van der Waals surface area contributed by atoms with E-state index in [4.69, 9.17) is 9.72 Å². The van der Waals surface area contributed by atoms with Crippen molar-refractivity contribution in [3.8, 4) is 0 Å². The van der Waals surface area contributed by atoms with E-state index in [1.807, 2.05) is 12.1 Å². The van der Waals surface area contributed by atoms with Crippen LogP contribution in [-0.4, -0.2) is 58.6 Å². The fourth-order valence-corrected chi connectivity index (χ4v) is 5.22. The maximum absolute atomic E-state index is 12.6. The third-order valence-electron chi connectivity index (χ3n) is 5.78. The van der Waals surface area contributed by atoms with Crippen LogP contribution in [0.4, 0.5) is 14.5 Å². The molecule has 0 atom stereocenters. The Balaban J connectivity index is 1.24. The van der Waals surface area contributed by atoms with Gasteiger partial charge in [-0.25, -0.2) is 18.7 Å². The van der Waals surface area contributed by atoms with Gasteiger partial charge in [-0.2, -0.15) is 0 Å². The average molecular weight is 448 g/mol. The number of fused-ring (bicyclic) bond motifs is 2. The molecule has 31 heavy (non-hydrogen) atoms. The summed E-state index contributed by atoms with van der Waals surface area (Å²) in [7, 11) is 0. The molecule has 0 amide bonds. The Labute approximate surface area is 181 Å². The van der Waals surface area contributed by atoms with Crippen LogP contribution in [0.25, 0.3) is 10.9 Å². The second-order valence-electron chi connectivity index (χ2n) is 7.84. The number of thiazole rings is 1. The highest BCUT2D eigenvalue weighted by Gasteiger charge is 2.21. The normalized spacial score (nSPS) is 17.5. The molecule has 2 aromatic heterocycles. The first kappa shape index (κ1) is 20.5. The summed E-state index contributed by atoms with van der Waals surface area (Å²) < 4.78 is 31.7. The van der Waals surface area contributed by atoms with Crippen molar-refractivity contribution in [2.24, 2.45) is 0 Å². The SMILES string of the molecule is O=c1c2ccc(N3CCN(Cc4nc5c(s4)COCC5)CC3)cc2ncn1CC(F)F. The predicted molar refractivity (Wildman–Crippen MR) is 115 cm³/mol. The van der Waals surface area contributed by atoms with Crippen molar-refractivity contribution in [3.05, 3.63) is 50.5 Å². The van der Waals surface area contributed by atoms with Crippen molar-refractivity contribution in [1.29, 1.82) is 0 Å². The van der Waals surface area contributed by atoms with E-state index in [1.165, 1.54) is 16.9 Å². The number of nitrogens with zero attached hydrogens (tertiary/aromatic N) is 5. The quantitative estimate of drug-likeness (QED) is 0.599. The number of aromatic nitrogens is 3. The van der Waals surface area contributed by atoms with Gasteiger partial charge >= 0.3 is 0 Å². The van der Waals surface area contributed by atoms with E-state index in [-0.39, 0.29) is 0 Å². The number of halogens is 2. The van der Waals surface area contributed by atoms with Gasteiger partial charge in [0, 0.05) is 38.3 Å². The van der Waals surface area contributed by atoms with Gasteiger partial charge in [0.1, 0.15) is 5.01 Å². The lowest BCUT2D eigenvalue weighted by Gasteiger charge is -2.35. The first-order chi connectivity index (χ1) is 15.1. The number of hydrogen-bond donors (Lipinski definition) is 0. The van der Waals surface area contributed by atoms with Gasteiger partial charge in [-0.3, -0.25) is 14.3 Å². The third-order valence-corrected chi connectivity index (χ3v) is 6.83. The summed E-state index contributed by atoms with van der Waals surface area (Å²) in [4.78, 5) is 27.3. The van der Waals surface area contributed by atoms with Gasteiger partial charge in [-0.15, -0.1) is 11.3 Å². The summed E-state index contributed by atoms with van der Waals surface area (Å²) in [5.74, 6) is 0. The first-order valence-corrected chi connectivity index (χ1v) is 11.2. The minimum absolute atomic E-state index is 0.363. The van der Waals surface area contributed by atoms with Crippen LogP contribution in [0.1, 0.15) is 15.6 Å². The van der Waals surface area contributed by atoms with Crippen LogP contribution in [0.5, 0.6) is 0 Å². The lowest BCUT2D eigenvalue weighted by molar-refractivity contribution is 0.112. The van der Waals surface area contributed by atoms with Gasteiger partial charge in [-0.05, 0) is 18.2 Å². The van der Waals surface area contributed by atoms with Gasteiger partial charge in [0.2, 0.25) is 0 Å². The zero-order valence-electron chi connectivity index (χ0n) is 17.0. The molecule has 0 radical (unpaired) electrons. The van der Waals surface area contributed by atoms with Crippen molar-refractivity contribution < 1.29 is 13.5 Å². The fraction of sp³-hybridized carbons (Fsp3) is 0.476. The van der Waals surface area contributed by atoms with E-state index < -0.39 is 18.5 Å². The molecule has 4 heterocycles. The molecule has 1 saturated heterocycles. The summed E-state index contributed by atoms with van der Waals surface area (Å²) in [5, 5.41) is 1.51. The molecular weight excluding hydrogens is 424 g/mol. The maximum Gasteiger partial charge on any atom is 0.261 e. The highest BCUT2D eigenvalue weighted by atomic mass is 32.1. The molecule has 2 aliphatic rings. The van der Waals surface area contributed by atoms with Gasteiger partial charge in [0.15, 0.2) is 0 Å². The molecule has 5 rings (SSSR count). The molecule has 0 saturated carbocycles. The Hall–Kier alpha value is -2.43. The van der Waals surface area contributed by atoms with Crippen LogP contribution in [0.2, 0.25) is 0 Å². The van der Waals surface area contributed by atoms with Gasteiger partial charge in [0.25, 0.3) is 12.0 Å². The second-order valence-corrected chi connectivity index (χ2v) is 9.01. The molecule has 0 aliphatic carbocycles. The van der Waals surface area contributed by atoms with Gasteiger partial charge < -0.3 is 9.64 Å². The topological polar surface area (TPSA) is 63.5 Å². The van der Waals surface area contributed by atoms with Crippen LogP contribution in [0.3, 0.4) is 0 Å². The first-order valence-electron chi connectivity index (χ1n) is 10.4. The highest BCUT2D eigenvalue weighted by Crippen LogP contribution is 2.26. The van der Waals surface area contributed by atoms with Gasteiger partial charge in [-0.1, -0.05) is 0 Å². The van der Waals surface area contributed by atoms with Crippen LogP contribution in [0.15, 0.2) is 29.3 Å². The van der Waals surface area contributed by atoms with Gasteiger partial charge in [0.05, 0.1) is 54.1 Å². The van der Waals surface area contributed by atoms with Crippen LogP contribution >= 0.6 is 11.3 Å². The minimum atomic E-state index is -2.59. The molecule has 0 bridgehead atoms. The lowest BCUT2D eigenvalue weighted by atomic mass is 10.2. The molecule has 0 N–H and O–H groups in total. The Bertz CT molecular complexity index is 1120. The second kappa shape index (κ2) is 8.60. The lowest BCUT2D eigenvalue weighted by Crippen LogP contribution is -2.46. The number of anilines is 1. The van der Waals surface area contributed by atoms with Crippen molar-refractivity contribution in [1.82, 2.24) is 19.4 Å². The zero-order chi connectivity index (χ0) is 21.4. The van der Waals surface area contributed by atoms with E-state index in [2.05, 4.69) is 14.8 Å². The number of piperazine rings is 1. The molecule has 164 valence electrons. The highest BCUT2D eigenvalue weighted by molar-refractivity contribution is 7.11. The summed E-state index contributed by atoms with van der Waals surface area (Å²) in [6, 6.07) is 5.44. The fourth-order valence-electron chi connectivity index (χ4n) is 4.12. The average Bonchev–Trinajstić information content (AvgIpc) is 3.18.